The smallest absolute Gasteiger partial charge is 0.348 e. The van der Waals surface area contributed by atoms with Crippen molar-refractivity contribution in [3.05, 3.63) is 28.8 Å². The lowest BCUT2D eigenvalue weighted by atomic mass is 10.1. The Hall–Kier alpha value is -3.01. The number of carbonyl (C=O) groups excluding carboxylic acids is 2. The molecule has 1 aromatic rings. The first-order chi connectivity index (χ1) is 11.0. The molecular weight excluding hydrogens is 302 g/mol. The van der Waals surface area contributed by atoms with E-state index in [1.807, 2.05) is 0 Å². The van der Waals surface area contributed by atoms with Crippen LogP contribution >= 0.6 is 0 Å². The van der Waals surface area contributed by atoms with Crippen molar-refractivity contribution in [1.82, 2.24) is 0 Å². The molecule has 1 rings (SSSR count). The summed E-state index contributed by atoms with van der Waals surface area (Å²) in [6, 6.07) is 4.75. The van der Waals surface area contributed by atoms with Crippen molar-refractivity contribution in [1.29, 1.82) is 5.26 Å². The van der Waals surface area contributed by atoms with E-state index in [2.05, 4.69) is 0 Å². The molecule has 0 atom stereocenters. The second-order valence-electron chi connectivity index (χ2n) is 4.18. The van der Waals surface area contributed by atoms with E-state index in [4.69, 9.17) is 24.2 Å². The van der Waals surface area contributed by atoms with Crippen molar-refractivity contribution < 1.29 is 28.5 Å². The van der Waals surface area contributed by atoms with Gasteiger partial charge >= 0.3 is 11.9 Å². The standard InChI is InChI=1S/C16H17NO6/c1-5-23-15(18)11(9-17)6-10-7-12(20-2)14(16(19)22-4)13(8-10)21-3/h6-8H,5H2,1-4H3/b11-6+. The van der Waals surface area contributed by atoms with E-state index >= 15 is 0 Å². The van der Waals surface area contributed by atoms with Gasteiger partial charge in [0.25, 0.3) is 0 Å². The minimum atomic E-state index is -0.732. The van der Waals surface area contributed by atoms with Gasteiger partial charge in [-0.2, -0.15) is 5.26 Å². The Balaban J connectivity index is 3.42. The van der Waals surface area contributed by atoms with Gasteiger partial charge in [-0.1, -0.05) is 0 Å². The zero-order chi connectivity index (χ0) is 17.4. The Labute approximate surface area is 134 Å². The predicted octanol–water partition coefficient (Wildman–Crippen LogP) is 1.96. The molecule has 0 heterocycles. The van der Waals surface area contributed by atoms with Gasteiger partial charge < -0.3 is 18.9 Å². The van der Waals surface area contributed by atoms with Gasteiger partial charge in [0.2, 0.25) is 0 Å². The monoisotopic (exact) mass is 319 g/mol. The summed E-state index contributed by atoms with van der Waals surface area (Å²) in [5, 5.41) is 9.06. The molecular formula is C16H17NO6. The average molecular weight is 319 g/mol. The van der Waals surface area contributed by atoms with E-state index in [9.17, 15) is 9.59 Å². The summed E-state index contributed by atoms with van der Waals surface area (Å²) in [4.78, 5) is 23.5. The molecule has 0 amide bonds. The van der Waals surface area contributed by atoms with Crippen molar-refractivity contribution in [3.8, 4) is 17.6 Å². The van der Waals surface area contributed by atoms with Gasteiger partial charge in [0.1, 0.15) is 28.7 Å². The minimum absolute atomic E-state index is 0.115. The molecule has 7 nitrogen and oxygen atoms in total. The largest absolute Gasteiger partial charge is 0.496 e. The predicted molar refractivity (Wildman–Crippen MR) is 81.1 cm³/mol. The highest BCUT2D eigenvalue weighted by Gasteiger charge is 2.20. The van der Waals surface area contributed by atoms with Crippen molar-refractivity contribution >= 4 is 18.0 Å². The first kappa shape index (κ1) is 18.0. The van der Waals surface area contributed by atoms with Crippen LogP contribution < -0.4 is 9.47 Å². The molecule has 0 fully saturated rings. The lowest BCUT2D eigenvalue weighted by Crippen LogP contribution is -2.08. The third-order valence-electron chi connectivity index (χ3n) is 2.84. The number of nitrogens with zero attached hydrogens (tertiary/aromatic N) is 1. The number of rotatable bonds is 6. The Morgan fingerprint density at radius 2 is 1.74 bits per heavy atom. The fourth-order valence-electron chi connectivity index (χ4n) is 1.83. The number of hydrogen-bond acceptors (Lipinski definition) is 7. The van der Waals surface area contributed by atoms with Crippen LogP contribution in [0.2, 0.25) is 0 Å². The van der Waals surface area contributed by atoms with Gasteiger partial charge in [0.15, 0.2) is 0 Å². The van der Waals surface area contributed by atoms with Crippen LogP contribution in [0.1, 0.15) is 22.8 Å². The number of hydrogen-bond donors (Lipinski definition) is 0. The molecule has 0 N–H and O–H groups in total. The van der Waals surface area contributed by atoms with Crippen LogP contribution in [-0.2, 0) is 14.3 Å². The minimum Gasteiger partial charge on any atom is -0.496 e. The Bertz CT molecular complexity index is 647. The van der Waals surface area contributed by atoms with Crippen LogP contribution in [0.4, 0.5) is 0 Å². The molecule has 0 unspecified atom stereocenters. The van der Waals surface area contributed by atoms with Gasteiger partial charge in [-0.15, -0.1) is 0 Å². The number of ether oxygens (including phenoxy) is 4. The summed E-state index contributed by atoms with van der Waals surface area (Å²) in [7, 11) is 4.00. The third-order valence-corrected chi connectivity index (χ3v) is 2.84. The van der Waals surface area contributed by atoms with Crippen molar-refractivity contribution in [3.63, 3.8) is 0 Å². The van der Waals surface area contributed by atoms with Crippen molar-refractivity contribution in [2.45, 2.75) is 6.92 Å². The van der Waals surface area contributed by atoms with E-state index in [0.717, 1.165) is 0 Å². The van der Waals surface area contributed by atoms with E-state index in [-0.39, 0.29) is 29.2 Å². The zero-order valence-electron chi connectivity index (χ0n) is 13.3. The normalized spacial score (nSPS) is 10.5. The van der Waals surface area contributed by atoms with Crippen LogP contribution in [0.25, 0.3) is 6.08 Å². The molecule has 122 valence electrons. The van der Waals surface area contributed by atoms with Gasteiger partial charge in [-0.05, 0) is 30.7 Å². The third kappa shape index (κ3) is 4.23. The molecule has 0 aliphatic heterocycles. The van der Waals surface area contributed by atoms with Crippen LogP contribution in [0, 0.1) is 11.3 Å². The maximum absolute atomic E-state index is 11.8. The fraction of sp³-hybridized carbons (Fsp3) is 0.312. The molecule has 0 saturated carbocycles. The van der Waals surface area contributed by atoms with Crippen LogP contribution in [0.15, 0.2) is 17.7 Å². The van der Waals surface area contributed by atoms with E-state index in [1.54, 1.807) is 13.0 Å². The fourth-order valence-corrected chi connectivity index (χ4v) is 1.83. The van der Waals surface area contributed by atoms with Gasteiger partial charge in [0, 0.05) is 0 Å². The number of carbonyl (C=O) groups is 2. The Kier molecular flexibility index (Phi) is 6.62. The molecule has 1 aromatic carbocycles. The van der Waals surface area contributed by atoms with Crippen molar-refractivity contribution in [2.75, 3.05) is 27.9 Å². The summed E-state index contributed by atoms with van der Waals surface area (Å²) in [6.45, 7) is 1.80. The highest BCUT2D eigenvalue weighted by molar-refractivity contribution is 5.99. The highest BCUT2D eigenvalue weighted by atomic mass is 16.5. The number of methoxy groups -OCH3 is 3. The number of esters is 2. The molecule has 0 spiro atoms. The molecule has 23 heavy (non-hydrogen) atoms. The molecule has 0 aliphatic carbocycles. The second kappa shape index (κ2) is 8.44. The summed E-state index contributed by atoms with van der Waals surface area (Å²) >= 11 is 0. The van der Waals surface area contributed by atoms with Gasteiger partial charge in [-0.25, -0.2) is 9.59 Å². The highest BCUT2D eigenvalue weighted by Crippen LogP contribution is 2.32. The summed E-state index contributed by atoms with van der Waals surface area (Å²) in [6.07, 6.45) is 1.32. The summed E-state index contributed by atoms with van der Waals surface area (Å²) in [5.41, 5.74) is 0.377. The molecule has 0 saturated heterocycles. The quantitative estimate of drug-likeness (QED) is 0.449. The topological polar surface area (TPSA) is 94.9 Å². The van der Waals surface area contributed by atoms with Gasteiger partial charge in [-0.3, -0.25) is 0 Å². The van der Waals surface area contributed by atoms with Crippen LogP contribution in [-0.4, -0.2) is 39.9 Å². The van der Waals surface area contributed by atoms with Crippen LogP contribution in [0.5, 0.6) is 11.5 Å². The van der Waals surface area contributed by atoms with Crippen molar-refractivity contribution in [2.24, 2.45) is 0 Å². The zero-order valence-corrected chi connectivity index (χ0v) is 13.3. The van der Waals surface area contributed by atoms with E-state index in [0.29, 0.717) is 5.56 Å². The maximum Gasteiger partial charge on any atom is 0.348 e. The lowest BCUT2D eigenvalue weighted by molar-refractivity contribution is -0.137. The van der Waals surface area contributed by atoms with E-state index in [1.165, 1.54) is 39.5 Å². The Morgan fingerprint density at radius 1 is 1.17 bits per heavy atom. The molecule has 7 heteroatoms. The first-order valence-electron chi connectivity index (χ1n) is 6.65. The molecule has 0 bridgehead atoms. The average Bonchev–Trinajstić information content (AvgIpc) is 2.57. The second-order valence-corrected chi connectivity index (χ2v) is 4.18. The number of nitriles is 1. The summed E-state index contributed by atoms with van der Waals surface area (Å²) in [5.74, 6) is -0.961. The summed E-state index contributed by atoms with van der Waals surface area (Å²) < 4.78 is 19.8. The molecule has 0 radical (unpaired) electrons. The molecule has 0 aromatic heterocycles. The van der Waals surface area contributed by atoms with E-state index < -0.39 is 11.9 Å². The SMILES string of the molecule is CCOC(=O)/C(C#N)=C/c1cc(OC)c(C(=O)OC)c(OC)c1. The first-order valence-corrected chi connectivity index (χ1v) is 6.65. The van der Waals surface area contributed by atoms with Gasteiger partial charge in [0.05, 0.1) is 27.9 Å². The molecule has 0 aliphatic rings. The maximum atomic E-state index is 11.8. The lowest BCUT2D eigenvalue weighted by Gasteiger charge is -2.12. The Morgan fingerprint density at radius 3 is 2.13 bits per heavy atom. The van der Waals surface area contributed by atoms with Crippen LogP contribution in [0.3, 0.4) is 0 Å². The number of benzene rings is 1.